The van der Waals surface area contributed by atoms with Crippen LogP contribution in [0.15, 0.2) is 35.3 Å². The largest absolute Gasteiger partial charge is 0.478 e. The molecule has 15 heavy (non-hydrogen) atoms. The van der Waals surface area contributed by atoms with Crippen LogP contribution < -0.4 is 0 Å². The number of nitrogens with zero attached hydrogens (tertiary/aromatic N) is 1. The van der Waals surface area contributed by atoms with E-state index in [1.165, 1.54) is 5.39 Å². The van der Waals surface area contributed by atoms with Crippen LogP contribution in [0.4, 0.5) is 0 Å². The molecule has 1 aromatic carbocycles. The topological polar surface area (TPSA) is 37.4 Å². The van der Waals surface area contributed by atoms with Crippen molar-refractivity contribution in [2.75, 3.05) is 13.2 Å². The second-order valence-corrected chi connectivity index (χ2v) is 3.52. The standard InChI is InChI=1S/C12H11N2O/c1-2-4-11-9(3-1)7-10(14-11)8-12-13-5-6-15-12/h1-4,7-8,14H,5-6H2. The van der Waals surface area contributed by atoms with E-state index < -0.39 is 0 Å². The molecule has 2 heterocycles. The van der Waals surface area contributed by atoms with Crippen molar-refractivity contribution in [2.45, 2.75) is 0 Å². The number of hydrogen-bond donors (Lipinski definition) is 1. The fraction of sp³-hybridized carbons (Fsp3) is 0.167. The van der Waals surface area contributed by atoms with Crippen LogP contribution >= 0.6 is 0 Å². The molecular formula is C12H11N2O. The number of para-hydroxylation sites is 1. The van der Waals surface area contributed by atoms with E-state index in [-0.39, 0.29) is 0 Å². The lowest BCUT2D eigenvalue weighted by molar-refractivity contribution is 0.347. The molecule has 75 valence electrons. The fourth-order valence-corrected chi connectivity index (χ4v) is 1.75. The average molecular weight is 199 g/mol. The van der Waals surface area contributed by atoms with Gasteiger partial charge in [-0.1, -0.05) is 18.2 Å². The van der Waals surface area contributed by atoms with Gasteiger partial charge in [-0.3, -0.25) is 4.99 Å². The number of aromatic amines is 1. The summed E-state index contributed by atoms with van der Waals surface area (Å²) in [5.41, 5.74) is 2.18. The Hall–Kier alpha value is -1.77. The van der Waals surface area contributed by atoms with Crippen LogP contribution in [0.3, 0.4) is 0 Å². The maximum absolute atomic E-state index is 5.33. The number of hydrogen-bond acceptors (Lipinski definition) is 2. The number of H-pyrrole nitrogens is 1. The minimum atomic E-state index is 0.700. The Labute approximate surface area is 87.8 Å². The van der Waals surface area contributed by atoms with Crippen molar-refractivity contribution in [3.05, 3.63) is 42.4 Å². The van der Waals surface area contributed by atoms with Gasteiger partial charge in [0, 0.05) is 11.2 Å². The van der Waals surface area contributed by atoms with Crippen LogP contribution in [0.2, 0.25) is 0 Å². The van der Waals surface area contributed by atoms with Gasteiger partial charge in [-0.25, -0.2) is 0 Å². The van der Waals surface area contributed by atoms with Crippen LogP contribution in [-0.4, -0.2) is 24.0 Å². The molecular weight excluding hydrogens is 188 g/mol. The smallest absolute Gasteiger partial charge is 0.193 e. The van der Waals surface area contributed by atoms with E-state index in [0.717, 1.165) is 23.7 Å². The number of rotatable bonds is 2. The summed E-state index contributed by atoms with van der Waals surface area (Å²) >= 11 is 0. The zero-order valence-corrected chi connectivity index (χ0v) is 8.23. The Bertz CT molecular complexity index is 480. The van der Waals surface area contributed by atoms with E-state index in [9.17, 15) is 0 Å². The maximum Gasteiger partial charge on any atom is 0.193 e. The molecule has 3 heteroatoms. The first-order valence-electron chi connectivity index (χ1n) is 5.01. The summed E-state index contributed by atoms with van der Waals surface area (Å²) < 4.78 is 5.33. The maximum atomic E-state index is 5.33. The molecule has 3 rings (SSSR count). The first-order valence-corrected chi connectivity index (χ1v) is 5.01. The second kappa shape index (κ2) is 3.42. The highest BCUT2D eigenvalue weighted by atomic mass is 16.5. The van der Waals surface area contributed by atoms with E-state index in [2.05, 4.69) is 28.2 Å². The van der Waals surface area contributed by atoms with E-state index >= 15 is 0 Å². The molecule has 0 bridgehead atoms. The van der Waals surface area contributed by atoms with Gasteiger partial charge >= 0.3 is 0 Å². The Balaban J connectivity index is 1.91. The molecule has 0 spiro atoms. The molecule has 1 aliphatic rings. The number of ether oxygens (including phenoxy) is 1. The van der Waals surface area contributed by atoms with Gasteiger partial charge in [-0.05, 0) is 17.5 Å². The van der Waals surface area contributed by atoms with Crippen LogP contribution in [0, 0.1) is 6.42 Å². The Morgan fingerprint density at radius 2 is 2.27 bits per heavy atom. The number of benzene rings is 1. The highest BCUT2D eigenvalue weighted by Crippen LogP contribution is 2.16. The molecule has 1 aliphatic heterocycles. The first kappa shape index (κ1) is 8.53. The van der Waals surface area contributed by atoms with Crippen molar-refractivity contribution >= 4 is 16.8 Å². The van der Waals surface area contributed by atoms with Crippen molar-refractivity contribution in [1.82, 2.24) is 4.98 Å². The number of aliphatic imine (C=N–C) groups is 1. The zero-order valence-electron chi connectivity index (χ0n) is 8.23. The summed E-state index contributed by atoms with van der Waals surface area (Å²) in [4.78, 5) is 7.53. The normalized spacial score (nSPS) is 15.3. The molecule has 0 unspecified atom stereocenters. The summed E-state index contributed by atoms with van der Waals surface area (Å²) in [6, 6.07) is 10.3. The van der Waals surface area contributed by atoms with Gasteiger partial charge in [0.1, 0.15) is 6.61 Å². The second-order valence-electron chi connectivity index (χ2n) is 3.52. The van der Waals surface area contributed by atoms with E-state index in [1.807, 2.05) is 18.6 Å². The molecule has 1 N–H and O–H groups in total. The summed E-state index contributed by atoms with van der Waals surface area (Å²) in [7, 11) is 0. The third-order valence-corrected chi connectivity index (χ3v) is 2.44. The summed E-state index contributed by atoms with van der Waals surface area (Å²) in [6.45, 7) is 1.47. The summed E-state index contributed by atoms with van der Waals surface area (Å²) in [5.74, 6) is 0.724. The summed E-state index contributed by atoms with van der Waals surface area (Å²) in [5, 5.41) is 1.21. The first-order chi connectivity index (χ1) is 7.42. The van der Waals surface area contributed by atoms with Gasteiger partial charge in [0.15, 0.2) is 5.90 Å². The molecule has 3 nitrogen and oxygen atoms in total. The predicted octanol–water partition coefficient (Wildman–Crippen LogP) is 2.15. The average Bonchev–Trinajstić information content (AvgIpc) is 2.86. The summed E-state index contributed by atoms with van der Waals surface area (Å²) in [6.07, 6.45) is 1.94. The van der Waals surface area contributed by atoms with Gasteiger partial charge in [0.2, 0.25) is 0 Å². The van der Waals surface area contributed by atoms with Crippen molar-refractivity contribution in [2.24, 2.45) is 4.99 Å². The van der Waals surface area contributed by atoms with Gasteiger partial charge in [0.05, 0.1) is 13.0 Å². The molecule has 1 radical (unpaired) electrons. The quantitative estimate of drug-likeness (QED) is 0.790. The van der Waals surface area contributed by atoms with Crippen LogP contribution in [0.5, 0.6) is 0 Å². The Morgan fingerprint density at radius 3 is 3.07 bits per heavy atom. The minimum absolute atomic E-state index is 0.700. The predicted molar refractivity (Wildman–Crippen MR) is 60.0 cm³/mol. The Kier molecular flexibility index (Phi) is 1.95. The lowest BCUT2D eigenvalue weighted by atomic mass is 10.2. The number of fused-ring (bicyclic) bond motifs is 1. The van der Waals surface area contributed by atoms with Gasteiger partial charge in [0.25, 0.3) is 0 Å². The molecule has 0 amide bonds. The zero-order chi connectivity index (χ0) is 10.1. The third kappa shape index (κ3) is 1.61. The fourth-order valence-electron chi connectivity index (χ4n) is 1.75. The minimum Gasteiger partial charge on any atom is -0.478 e. The number of aromatic nitrogens is 1. The SMILES string of the molecule is [CH](C1=NCCO1)c1cc2ccccc2[nH]1. The van der Waals surface area contributed by atoms with Gasteiger partial charge in [-0.15, -0.1) is 0 Å². The van der Waals surface area contributed by atoms with Crippen molar-refractivity contribution in [1.29, 1.82) is 0 Å². The van der Waals surface area contributed by atoms with Crippen LogP contribution in [0.25, 0.3) is 10.9 Å². The molecule has 0 saturated carbocycles. The van der Waals surface area contributed by atoms with Crippen molar-refractivity contribution in [3.8, 4) is 0 Å². The van der Waals surface area contributed by atoms with E-state index in [0.29, 0.717) is 6.61 Å². The van der Waals surface area contributed by atoms with Crippen LogP contribution in [-0.2, 0) is 4.74 Å². The Morgan fingerprint density at radius 1 is 1.33 bits per heavy atom. The highest BCUT2D eigenvalue weighted by Gasteiger charge is 2.10. The lowest BCUT2D eigenvalue weighted by Crippen LogP contribution is -2.00. The molecule has 0 fully saturated rings. The van der Waals surface area contributed by atoms with Crippen molar-refractivity contribution in [3.63, 3.8) is 0 Å². The van der Waals surface area contributed by atoms with Crippen LogP contribution in [0.1, 0.15) is 5.69 Å². The molecule has 1 aromatic heterocycles. The van der Waals surface area contributed by atoms with E-state index in [4.69, 9.17) is 4.74 Å². The monoisotopic (exact) mass is 199 g/mol. The molecule has 0 saturated heterocycles. The van der Waals surface area contributed by atoms with Gasteiger partial charge in [-0.2, -0.15) is 0 Å². The van der Waals surface area contributed by atoms with Gasteiger partial charge < -0.3 is 9.72 Å². The number of nitrogens with one attached hydrogen (secondary N) is 1. The van der Waals surface area contributed by atoms with E-state index in [1.54, 1.807) is 0 Å². The third-order valence-electron chi connectivity index (χ3n) is 2.44. The molecule has 0 aliphatic carbocycles. The molecule has 0 atom stereocenters. The lowest BCUT2D eigenvalue weighted by Gasteiger charge is -1.97. The molecule has 2 aromatic rings. The highest BCUT2D eigenvalue weighted by molar-refractivity contribution is 5.91. The van der Waals surface area contributed by atoms with Crippen molar-refractivity contribution < 1.29 is 4.74 Å².